The van der Waals surface area contributed by atoms with E-state index in [0.29, 0.717) is 5.56 Å². The Hall–Kier alpha value is -3.09. The van der Waals surface area contributed by atoms with E-state index >= 15 is 0 Å². The normalized spacial score (nSPS) is 11.4. The number of ketones is 1. The van der Waals surface area contributed by atoms with Gasteiger partial charge < -0.3 is 14.6 Å². The zero-order chi connectivity index (χ0) is 17.8. The Balaban J connectivity index is 2.02. The minimum absolute atomic E-state index is 0.143. The van der Waals surface area contributed by atoms with Crippen LogP contribution in [0.2, 0.25) is 0 Å². The maximum absolute atomic E-state index is 12.2. The number of carbonyl (C=O) groups is 1. The molecule has 1 aromatic heterocycles. The van der Waals surface area contributed by atoms with Crippen LogP contribution in [0.5, 0.6) is 11.5 Å². The molecule has 1 heterocycles. The molecule has 0 atom stereocenters. The maximum Gasteiger partial charge on any atom is 0.192 e. The fourth-order valence-electron chi connectivity index (χ4n) is 2.67. The van der Waals surface area contributed by atoms with Crippen molar-refractivity contribution < 1.29 is 29.6 Å². The Morgan fingerprint density at radius 2 is 1.96 bits per heavy atom. The lowest BCUT2D eigenvalue weighted by molar-refractivity contribution is -0.230. The molecule has 0 saturated heterocycles. The Labute approximate surface area is 143 Å². The van der Waals surface area contributed by atoms with Gasteiger partial charge in [-0.15, -0.1) is 0 Å². The summed E-state index contributed by atoms with van der Waals surface area (Å²) in [5.41, 5.74) is 1.62. The number of fused-ring (bicyclic) bond motifs is 1. The lowest BCUT2D eigenvalue weighted by atomic mass is 9.97. The minimum atomic E-state index is -0.549. The number of rotatable bonds is 6. The van der Waals surface area contributed by atoms with Crippen molar-refractivity contribution >= 4 is 22.8 Å². The molecule has 0 bridgehead atoms. The Morgan fingerprint density at radius 1 is 1.20 bits per heavy atom. The molecular formula is C19H16O6. The Morgan fingerprint density at radius 3 is 2.68 bits per heavy atom. The van der Waals surface area contributed by atoms with Gasteiger partial charge >= 0.3 is 0 Å². The monoisotopic (exact) mass is 340 g/mol. The zero-order valence-electron chi connectivity index (χ0n) is 13.2. The van der Waals surface area contributed by atoms with Crippen LogP contribution in [0.25, 0.3) is 17.0 Å². The fourth-order valence-corrected chi connectivity index (χ4v) is 2.67. The molecular weight excluding hydrogens is 324 g/mol. The van der Waals surface area contributed by atoms with E-state index in [4.69, 9.17) is 9.67 Å². The van der Waals surface area contributed by atoms with E-state index in [1.165, 1.54) is 6.07 Å². The molecule has 2 aromatic carbocycles. The molecule has 3 rings (SSSR count). The summed E-state index contributed by atoms with van der Waals surface area (Å²) in [6, 6.07) is 11.0. The first-order valence-electron chi connectivity index (χ1n) is 7.58. The van der Waals surface area contributed by atoms with Gasteiger partial charge in [0.05, 0.1) is 0 Å². The van der Waals surface area contributed by atoms with Gasteiger partial charge in [0.1, 0.15) is 29.6 Å². The summed E-state index contributed by atoms with van der Waals surface area (Å²) in [4.78, 5) is 16.1. The smallest absolute Gasteiger partial charge is 0.192 e. The fraction of sp³-hybridized carbons (Fsp3) is 0.105. The van der Waals surface area contributed by atoms with E-state index in [1.807, 2.05) is 36.4 Å². The molecule has 0 radical (unpaired) electrons. The van der Waals surface area contributed by atoms with Crippen molar-refractivity contribution in [3.05, 3.63) is 65.4 Å². The van der Waals surface area contributed by atoms with E-state index in [2.05, 4.69) is 4.89 Å². The molecule has 0 spiro atoms. The van der Waals surface area contributed by atoms with Crippen LogP contribution < -0.4 is 0 Å². The third-order valence-corrected chi connectivity index (χ3v) is 3.85. The lowest BCUT2D eigenvalue weighted by Crippen LogP contribution is -2.10. The number of hydrogen-bond donors (Lipinski definition) is 3. The largest absolute Gasteiger partial charge is 0.507 e. The summed E-state index contributed by atoms with van der Waals surface area (Å²) >= 11 is 0. The first-order valence-corrected chi connectivity index (χ1v) is 7.58. The highest BCUT2D eigenvalue weighted by Crippen LogP contribution is 2.39. The minimum Gasteiger partial charge on any atom is -0.507 e. The van der Waals surface area contributed by atoms with Crippen molar-refractivity contribution in [1.82, 2.24) is 0 Å². The van der Waals surface area contributed by atoms with Gasteiger partial charge in [-0.2, -0.15) is 0 Å². The van der Waals surface area contributed by atoms with Gasteiger partial charge in [-0.3, -0.25) is 10.1 Å². The van der Waals surface area contributed by atoms with Crippen molar-refractivity contribution in [3.8, 4) is 11.5 Å². The van der Waals surface area contributed by atoms with Crippen LogP contribution in [-0.4, -0.2) is 27.9 Å². The highest BCUT2D eigenvalue weighted by molar-refractivity contribution is 6.04. The molecule has 0 aliphatic heterocycles. The number of Topliss-reactive ketones (excluding diaryl/α,β-unsaturated/α-hetero) is 1. The third kappa shape index (κ3) is 3.40. The van der Waals surface area contributed by atoms with Crippen LogP contribution in [0.1, 0.15) is 21.5 Å². The topological polar surface area (TPSA) is 100 Å². The van der Waals surface area contributed by atoms with Gasteiger partial charge in [0.15, 0.2) is 11.5 Å². The molecule has 128 valence electrons. The molecule has 0 saturated carbocycles. The highest BCUT2D eigenvalue weighted by Gasteiger charge is 2.21. The summed E-state index contributed by atoms with van der Waals surface area (Å²) in [5, 5.41) is 29.0. The second-order valence-corrected chi connectivity index (χ2v) is 5.46. The van der Waals surface area contributed by atoms with E-state index in [0.717, 1.165) is 11.8 Å². The number of aromatic hydroxyl groups is 2. The molecule has 3 N–H and O–H groups in total. The number of phenols is 1. The third-order valence-electron chi connectivity index (χ3n) is 3.85. The molecule has 25 heavy (non-hydrogen) atoms. The number of hydrogen-bond acceptors (Lipinski definition) is 6. The second-order valence-electron chi connectivity index (χ2n) is 5.46. The van der Waals surface area contributed by atoms with Crippen LogP contribution in [0.3, 0.4) is 0 Å². The molecule has 0 aliphatic rings. The summed E-state index contributed by atoms with van der Waals surface area (Å²) in [5.74, 6) is -0.959. The molecule has 0 fully saturated rings. The highest BCUT2D eigenvalue weighted by atomic mass is 17.1. The van der Waals surface area contributed by atoms with E-state index < -0.39 is 12.4 Å². The van der Waals surface area contributed by atoms with E-state index in [9.17, 15) is 15.0 Å². The predicted molar refractivity (Wildman–Crippen MR) is 91.6 cm³/mol. The van der Waals surface area contributed by atoms with Gasteiger partial charge in [0.25, 0.3) is 0 Å². The van der Waals surface area contributed by atoms with Crippen molar-refractivity contribution in [2.75, 3.05) is 6.61 Å². The quantitative estimate of drug-likeness (QED) is 0.359. The molecule has 0 unspecified atom stereocenters. The summed E-state index contributed by atoms with van der Waals surface area (Å²) < 4.78 is 5.14. The first-order chi connectivity index (χ1) is 12.1. The van der Waals surface area contributed by atoms with Crippen molar-refractivity contribution in [2.24, 2.45) is 0 Å². The number of furan rings is 1. The van der Waals surface area contributed by atoms with Crippen LogP contribution in [0.4, 0.5) is 0 Å². The van der Waals surface area contributed by atoms with Crippen LogP contribution in [0, 0.1) is 0 Å². The second kappa shape index (κ2) is 7.21. The number of allylic oxidation sites excluding steroid dienone is 1. The average Bonchev–Trinajstić information content (AvgIpc) is 2.99. The standard InChI is InChI=1S/C19H16O6/c20-15(11-25-23)14-9-17-18(16(21)10-24-17)19(22)13(14)8-4-7-12-5-2-1-3-6-12/h1-7,9-10,21-23H,8,11H2. The predicted octanol–water partition coefficient (Wildman–Crippen LogP) is 3.77. The molecule has 3 aromatic rings. The van der Waals surface area contributed by atoms with Crippen LogP contribution >= 0.6 is 0 Å². The van der Waals surface area contributed by atoms with Gasteiger partial charge in [0, 0.05) is 11.1 Å². The SMILES string of the molecule is O=C(COO)c1cc2occ(O)c2c(O)c1CC=Cc1ccccc1. The molecule has 0 aliphatic carbocycles. The van der Waals surface area contributed by atoms with Crippen molar-refractivity contribution in [2.45, 2.75) is 6.42 Å². The first kappa shape index (κ1) is 16.8. The van der Waals surface area contributed by atoms with E-state index in [1.54, 1.807) is 6.08 Å². The van der Waals surface area contributed by atoms with Gasteiger partial charge in [-0.05, 0) is 18.1 Å². The summed E-state index contributed by atoms with van der Waals surface area (Å²) in [7, 11) is 0. The average molecular weight is 340 g/mol. The number of phenolic OH excluding ortho intramolecular Hbond substituents is 1. The molecule has 6 heteroatoms. The molecule has 0 amide bonds. The summed E-state index contributed by atoms with van der Waals surface area (Å²) in [6.07, 6.45) is 4.98. The molecule has 6 nitrogen and oxygen atoms in total. The van der Waals surface area contributed by atoms with Gasteiger partial charge in [0.2, 0.25) is 0 Å². The van der Waals surface area contributed by atoms with Crippen LogP contribution in [0.15, 0.2) is 53.2 Å². The lowest BCUT2D eigenvalue weighted by Gasteiger charge is -2.10. The Bertz CT molecular complexity index is 924. The zero-order valence-corrected chi connectivity index (χ0v) is 13.2. The van der Waals surface area contributed by atoms with Crippen molar-refractivity contribution in [1.29, 1.82) is 0 Å². The van der Waals surface area contributed by atoms with Crippen molar-refractivity contribution in [3.63, 3.8) is 0 Å². The van der Waals surface area contributed by atoms with Gasteiger partial charge in [-0.1, -0.05) is 42.5 Å². The number of benzene rings is 2. The van der Waals surface area contributed by atoms with Gasteiger partial charge in [-0.25, -0.2) is 4.89 Å². The van der Waals surface area contributed by atoms with Crippen LogP contribution in [-0.2, 0) is 11.3 Å². The van der Waals surface area contributed by atoms with E-state index in [-0.39, 0.29) is 34.5 Å². The summed E-state index contributed by atoms with van der Waals surface area (Å²) in [6.45, 7) is -0.549. The Kier molecular flexibility index (Phi) is 4.83. The number of carbonyl (C=O) groups excluding carboxylic acids is 1. The maximum atomic E-state index is 12.2.